The number of hydrogen-bond acceptors (Lipinski definition) is 3. The first-order valence-electron chi connectivity index (χ1n) is 10.2. The molecule has 168 valence electrons. The number of aromatic amines is 1. The first-order valence-corrected chi connectivity index (χ1v) is 10.5. The summed E-state index contributed by atoms with van der Waals surface area (Å²) >= 11 is 5.87. The molecule has 33 heavy (non-hydrogen) atoms. The molecule has 0 spiro atoms. The lowest BCUT2D eigenvalue weighted by Crippen LogP contribution is -2.37. The van der Waals surface area contributed by atoms with Gasteiger partial charge >= 0.3 is 5.97 Å². The monoisotopic (exact) mass is 468 g/mol. The van der Waals surface area contributed by atoms with Crippen molar-refractivity contribution in [2.45, 2.75) is 24.6 Å². The van der Waals surface area contributed by atoms with Crippen LogP contribution < -0.4 is 0 Å². The zero-order chi connectivity index (χ0) is 23.6. The van der Waals surface area contributed by atoms with Crippen LogP contribution in [-0.2, 0) is 11.2 Å². The Labute approximate surface area is 193 Å². The number of alkyl halides is 1. The fraction of sp³-hybridized carbons (Fsp3) is 0.160. The van der Waals surface area contributed by atoms with Crippen LogP contribution in [0.15, 0.2) is 78.1 Å². The van der Waals surface area contributed by atoms with Gasteiger partial charge in [0.15, 0.2) is 0 Å². The molecule has 2 N–H and O–H groups in total. The lowest BCUT2D eigenvalue weighted by molar-refractivity contribution is -0.151. The van der Waals surface area contributed by atoms with Crippen molar-refractivity contribution in [3.05, 3.63) is 99.8 Å². The minimum atomic E-state index is -2.78. The molecular weight excluding hydrogens is 450 g/mol. The van der Waals surface area contributed by atoms with Crippen LogP contribution in [0.3, 0.4) is 0 Å². The van der Waals surface area contributed by atoms with E-state index < -0.39 is 36.3 Å². The van der Waals surface area contributed by atoms with E-state index in [9.17, 15) is 19.2 Å². The molecule has 0 aliphatic carbocycles. The smallest absolute Gasteiger partial charge is 0.341 e. The highest BCUT2D eigenvalue weighted by atomic mass is 35.5. The number of carboxylic acid groups (broad SMARTS) is 1. The third-order valence-corrected chi connectivity index (χ3v) is 5.96. The van der Waals surface area contributed by atoms with E-state index >= 15 is 4.39 Å². The van der Waals surface area contributed by atoms with Gasteiger partial charge in [-0.05, 0) is 41.0 Å². The minimum absolute atomic E-state index is 0.0995. The molecule has 0 fully saturated rings. The predicted molar refractivity (Wildman–Crippen MR) is 123 cm³/mol. The number of nitrogens with one attached hydrogen (secondary N) is 1. The Hall–Kier alpha value is -3.58. The molecule has 8 heteroatoms. The molecule has 4 rings (SSSR count). The van der Waals surface area contributed by atoms with Gasteiger partial charge in [-0.25, -0.2) is 13.6 Å². The van der Waals surface area contributed by atoms with Crippen LogP contribution in [0.5, 0.6) is 0 Å². The molecule has 1 aromatic heterocycles. The highest BCUT2D eigenvalue weighted by molar-refractivity contribution is 6.30. The second kappa shape index (κ2) is 9.11. The number of fused-ring (bicyclic) bond motifs is 1. The van der Waals surface area contributed by atoms with Crippen molar-refractivity contribution in [3.8, 4) is 11.1 Å². The van der Waals surface area contributed by atoms with Crippen molar-refractivity contribution in [1.29, 1.82) is 0 Å². The maximum atomic E-state index is 15.7. The van der Waals surface area contributed by atoms with Crippen molar-refractivity contribution in [2.75, 3.05) is 0 Å². The van der Waals surface area contributed by atoms with Gasteiger partial charge in [0, 0.05) is 40.5 Å². The molecule has 4 aromatic rings. The molecule has 2 unspecified atom stereocenters. The normalized spacial score (nSPS) is 14.0. The summed E-state index contributed by atoms with van der Waals surface area (Å²) < 4.78 is 30.5. The second-order valence-corrected chi connectivity index (χ2v) is 8.31. The van der Waals surface area contributed by atoms with Crippen molar-refractivity contribution in [1.82, 2.24) is 4.98 Å². The number of aliphatic carboxylic acids is 1. The number of rotatable bonds is 8. The van der Waals surface area contributed by atoms with Gasteiger partial charge < -0.3 is 10.1 Å². The number of nitroso groups, excluding NO2 is 1. The van der Waals surface area contributed by atoms with Gasteiger partial charge in [0.25, 0.3) is 0 Å². The van der Waals surface area contributed by atoms with Crippen LogP contribution in [0.2, 0.25) is 5.02 Å². The van der Waals surface area contributed by atoms with E-state index in [0.717, 1.165) is 11.6 Å². The third-order valence-electron chi connectivity index (χ3n) is 5.71. The second-order valence-electron chi connectivity index (χ2n) is 7.88. The Morgan fingerprint density at radius 3 is 2.52 bits per heavy atom. The molecule has 0 saturated carbocycles. The number of hydrogen-bond donors (Lipinski definition) is 2. The Balaban J connectivity index is 1.62. The first kappa shape index (κ1) is 22.6. The van der Waals surface area contributed by atoms with Crippen molar-refractivity contribution in [2.24, 2.45) is 5.18 Å². The molecule has 5 nitrogen and oxygen atoms in total. The Morgan fingerprint density at radius 2 is 1.85 bits per heavy atom. The molecule has 0 aliphatic rings. The number of nitrogens with zero attached hydrogens (tertiary/aromatic N) is 1. The average molecular weight is 469 g/mol. The summed E-state index contributed by atoms with van der Waals surface area (Å²) in [4.78, 5) is 26.4. The number of halogens is 3. The number of aromatic nitrogens is 1. The SMILES string of the molecule is O=NC(CC(F)(Cc1c[nH]c2ccccc12)C(=O)O)c1ccc(-c2ccc(Cl)cc2)c(F)c1. The fourth-order valence-corrected chi connectivity index (χ4v) is 4.07. The van der Waals surface area contributed by atoms with E-state index in [0.29, 0.717) is 21.5 Å². The quantitative estimate of drug-likeness (QED) is 0.277. The molecule has 0 amide bonds. The average Bonchev–Trinajstić information content (AvgIpc) is 3.20. The zero-order valence-corrected chi connectivity index (χ0v) is 18.0. The van der Waals surface area contributed by atoms with Crippen molar-refractivity contribution < 1.29 is 18.7 Å². The van der Waals surface area contributed by atoms with Crippen molar-refractivity contribution >= 4 is 28.5 Å². The highest BCUT2D eigenvalue weighted by Gasteiger charge is 2.42. The number of carboxylic acids is 1. The van der Waals surface area contributed by atoms with Gasteiger partial charge in [-0.15, -0.1) is 0 Å². The van der Waals surface area contributed by atoms with Gasteiger partial charge in [-0.3, -0.25) is 0 Å². The van der Waals surface area contributed by atoms with Crippen LogP contribution in [0.25, 0.3) is 22.0 Å². The van der Waals surface area contributed by atoms with E-state index in [1.165, 1.54) is 12.1 Å². The Morgan fingerprint density at radius 1 is 1.12 bits per heavy atom. The molecule has 0 aliphatic heterocycles. The summed E-state index contributed by atoms with van der Waals surface area (Å²) in [6.07, 6.45) is 0.348. The minimum Gasteiger partial charge on any atom is -0.479 e. The van der Waals surface area contributed by atoms with E-state index in [4.69, 9.17) is 11.6 Å². The largest absolute Gasteiger partial charge is 0.479 e. The third kappa shape index (κ3) is 4.64. The predicted octanol–water partition coefficient (Wildman–Crippen LogP) is 6.86. The standard InChI is InChI=1S/C25H19ClF2N2O3/c26-18-8-5-15(6-9-18)19-10-7-16(11-21(19)27)23(30-33)13-25(28,24(31)32)12-17-14-29-22-4-2-1-3-20(17)22/h1-11,14,23,29H,12-13H2,(H,31,32). The molecule has 3 aromatic carbocycles. The maximum Gasteiger partial charge on any atom is 0.341 e. The van der Waals surface area contributed by atoms with Gasteiger partial charge in [0.05, 0.1) is 0 Å². The van der Waals surface area contributed by atoms with Gasteiger partial charge in [0.1, 0.15) is 11.9 Å². The summed E-state index contributed by atoms with van der Waals surface area (Å²) in [5, 5.41) is 13.8. The number of carbonyl (C=O) groups is 1. The van der Waals surface area contributed by atoms with Crippen LogP contribution in [0, 0.1) is 10.7 Å². The molecule has 2 atom stereocenters. The maximum absolute atomic E-state index is 15.7. The van der Waals surface area contributed by atoms with Crippen LogP contribution in [0.4, 0.5) is 8.78 Å². The van der Waals surface area contributed by atoms with Crippen molar-refractivity contribution in [3.63, 3.8) is 0 Å². The zero-order valence-electron chi connectivity index (χ0n) is 17.3. The van der Waals surface area contributed by atoms with E-state index in [1.54, 1.807) is 54.7 Å². The molecule has 1 heterocycles. The highest BCUT2D eigenvalue weighted by Crippen LogP contribution is 2.36. The Kier molecular flexibility index (Phi) is 6.24. The lowest BCUT2D eigenvalue weighted by Gasteiger charge is -2.23. The fourth-order valence-electron chi connectivity index (χ4n) is 3.94. The number of benzene rings is 3. The van der Waals surface area contributed by atoms with Crippen LogP contribution in [0.1, 0.15) is 23.6 Å². The number of H-pyrrole nitrogens is 1. The molecule has 0 saturated heterocycles. The first-order chi connectivity index (χ1) is 15.8. The Bertz CT molecular complexity index is 1320. The molecular formula is C25H19ClF2N2O3. The van der Waals surface area contributed by atoms with Crippen LogP contribution >= 0.6 is 11.6 Å². The van der Waals surface area contributed by atoms with Gasteiger partial charge in [-0.2, -0.15) is 4.91 Å². The molecule has 0 bridgehead atoms. The van der Waals surface area contributed by atoms with E-state index in [-0.39, 0.29) is 11.1 Å². The van der Waals surface area contributed by atoms with Gasteiger partial charge in [0.2, 0.25) is 5.67 Å². The van der Waals surface area contributed by atoms with E-state index in [1.807, 2.05) is 0 Å². The van der Waals surface area contributed by atoms with Gasteiger partial charge in [-0.1, -0.05) is 59.2 Å². The van der Waals surface area contributed by atoms with E-state index in [2.05, 4.69) is 10.2 Å². The summed E-state index contributed by atoms with van der Waals surface area (Å²) in [7, 11) is 0. The summed E-state index contributed by atoms with van der Waals surface area (Å²) in [5.41, 5.74) is -0.640. The van der Waals surface area contributed by atoms with Crippen LogP contribution in [-0.4, -0.2) is 21.7 Å². The number of para-hydroxylation sites is 1. The topological polar surface area (TPSA) is 82.5 Å². The molecule has 0 radical (unpaired) electrons. The summed E-state index contributed by atoms with van der Waals surface area (Å²) in [6, 6.07) is 16.3. The summed E-state index contributed by atoms with van der Waals surface area (Å²) in [6.45, 7) is 0. The summed E-state index contributed by atoms with van der Waals surface area (Å²) in [5.74, 6) is -2.35. The lowest BCUT2D eigenvalue weighted by atomic mass is 9.87.